The summed E-state index contributed by atoms with van der Waals surface area (Å²) in [5.41, 5.74) is 1.03. The zero-order valence-electron chi connectivity index (χ0n) is 9.04. The Morgan fingerprint density at radius 3 is 1.32 bits per heavy atom. The first kappa shape index (κ1) is 18.5. The van der Waals surface area contributed by atoms with Crippen LogP contribution < -0.4 is 0 Å². The van der Waals surface area contributed by atoms with Crippen molar-refractivity contribution in [1.82, 2.24) is 19.9 Å². The standard InChI is InChI=1S/2C4H4N2O.4ClH.Ru/c2*7-2-4-1-5-3-6-4;;;;;/h2*1-3H,(H,5,6);4*1H;/q;;;;;;+4/p-4. The van der Waals surface area contributed by atoms with E-state index in [4.69, 9.17) is 38.8 Å². The van der Waals surface area contributed by atoms with Gasteiger partial charge < -0.3 is 9.97 Å². The molecule has 0 spiro atoms. The van der Waals surface area contributed by atoms with E-state index in [2.05, 4.69) is 19.9 Å². The molecule has 0 unspecified atom stereocenters. The van der Waals surface area contributed by atoms with Gasteiger partial charge >= 0.3 is 49.6 Å². The van der Waals surface area contributed by atoms with Gasteiger partial charge in [-0.1, -0.05) is 0 Å². The molecule has 0 bridgehead atoms. The van der Waals surface area contributed by atoms with Crippen LogP contribution in [0.25, 0.3) is 0 Å². The monoisotopic (exact) mass is 434 g/mol. The van der Waals surface area contributed by atoms with Crippen LogP contribution >= 0.6 is 38.8 Å². The molecule has 0 saturated heterocycles. The van der Waals surface area contributed by atoms with Gasteiger partial charge in [-0.3, -0.25) is 9.59 Å². The van der Waals surface area contributed by atoms with E-state index in [1.165, 1.54) is 25.0 Å². The van der Waals surface area contributed by atoms with Crippen molar-refractivity contribution in [3.8, 4) is 0 Å². The van der Waals surface area contributed by atoms with Crippen LogP contribution in [0, 0.1) is 0 Å². The van der Waals surface area contributed by atoms with Gasteiger partial charge in [0, 0.05) is 0 Å². The Kier molecular flexibility index (Phi) is 10.1. The van der Waals surface area contributed by atoms with E-state index in [-0.39, 0.29) is 0 Å². The molecular formula is C8H8Cl4N4O2Ru. The number of hydrogen-bond acceptors (Lipinski definition) is 4. The Labute approximate surface area is 127 Å². The summed E-state index contributed by atoms with van der Waals surface area (Å²) in [7, 11) is 17.0. The quantitative estimate of drug-likeness (QED) is 0.560. The average Bonchev–Trinajstić information content (AvgIpc) is 3.01. The van der Waals surface area contributed by atoms with E-state index in [1.54, 1.807) is 0 Å². The second-order valence-electron chi connectivity index (χ2n) is 2.55. The Morgan fingerprint density at radius 1 is 0.895 bits per heavy atom. The topological polar surface area (TPSA) is 91.5 Å². The molecule has 2 rings (SSSR count). The summed E-state index contributed by atoms with van der Waals surface area (Å²) in [4.78, 5) is 32.0. The molecule has 0 aliphatic heterocycles. The molecule has 0 aliphatic rings. The molecular weight excluding hydrogens is 427 g/mol. The third-order valence-electron chi connectivity index (χ3n) is 1.29. The molecule has 0 amide bonds. The number of H-pyrrole nitrogens is 2. The van der Waals surface area contributed by atoms with Crippen molar-refractivity contribution in [3.05, 3.63) is 36.4 Å². The molecule has 2 N–H and O–H groups in total. The molecule has 11 heteroatoms. The number of carbonyl (C=O) groups excluding carboxylic acids is 2. The predicted octanol–water partition coefficient (Wildman–Crippen LogP) is 3.20. The second-order valence-corrected chi connectivity index (χ2v) is 18.4. The third-order valence-corrected chi connectivity index (χ3v) is 1.29. The maximum absolute atomic E-state index is 9.80. The Bertz CT molecular complexity index is 413. The van der Waals surface area contributed by atoms with E-state index >= 15 is 0 Å². The van der Waals surface area contributed by atoms with Gasteiger partial charge in [-0.25, -0.2) is 9.97 Å². The van der Waals surface area contributed by atoms with Crippen molar-refractivity contribution in [2.24, 2.45) is 0 Å². The fraction of sp³-hybridized carbons (Fsp3) is 0. The minimum absolute atomic E-state index is 0.514. The summed E-state index contributed by atoms with van der Waals surface area (Å²) < 4.78 is 0. The van der Waals surface area contributed by atoms with Crippen molar-refractivity contribution in [1.29, 1.82) is 0 Å². The zero-order chi connectivity index (χ0) is 14.7. The molecule has 0 fully saturated rings. The van der Waals surface area contributed by atoms with Gasteiger partial charge in [-0.05, 0) is 0 Å². The van der Waals surface area contributed by atoms with Crippen molar-refractivity contribution in [2.45, 2.75) is 0 Å². The fourth-order valence-electron chi connectivity index (χ4n) is 0.662. The van der Waals surface area contributed by atoms with Crippen molar-refractivity contribution in [3.63, 3.8) is 0 Å². The van der Waals surface area contributed by atoms with Crippen LogP contribution in [-0.4, -0.2) is 32.5 Å². The van der Waals surface area contributed by atoms with Gasteiger partial charge in [-0.15, -0.1) is 0 Å². The first-order valence-corrected chi connectivity index (χ1v) is 13.2. The second kappa shape index (κ2) is 10.3. The molecule has 6 nitrogen and oxygen atoms in total. The molecule has 19 heavy (non-hydrogen) atoms. The van der Waals surface area contributed by atoms with Gasteiger partial charge in [0.15, 0.2) is 12.6 Å². The number of halogens is 4. The number of aldehydes is 2. The molecule has 0 radical (unpaired) electrons. The van der Waals surface area contributed by atoms with E-state index in [9.17, 15) is 9.59 Å². The summed E-state index contributed by atoms with van der Waals surface area (Å²) >= 11 is 0. The van der Waals surface area contributed by atoms with Crippen molar-refractivity contribution >= 4 is 51.3 Å². The molecule has 0 saturated carbocycles. The predicted molar refractivity (Wildman–Crippen MR) is 71.4 cm³/mol. The molecule has 0 atom stereocenters. The summed E-state index contributed by atoms with van der Waals surface area (Å²) in [5.74, 6) is 0. The van der Waals surface area contributed by atoms with Crippen LogP contribution in [0.5, 0.6) is 0 Å². The number of aromatic amines is 2. The van der Waals surface area contributed by atoms with Crippen LogP contribution in [-0.2, 0) is 10.8 Å². The van der Waals surface area contributed by atoms with Gasteiger partial charge in [0.05, 0.1) is 36.4 Å². The Morgan fingerprint density at radius 2 is 1.21 bits per heavy atom. The number of nitrogens with zero attached hydrogens (tertiary/aromatic N) is 2. The summed E-state index contributed by atoms with van der Waals surface area (Å²) in [6.45, 7) is 0. The average molecular weight is 435 g/mol. The van der Waals surface area contributed by atoms with Crippen molar-refractivity contribution < 1.29 is 20.4 Å². The number of rotatable bonds is 2. The number of imidazole rings is 2. The Hall–Kier alpha value is -0.457. The fourth-order valence-corrected chi connectivity index (χ4v) is 0.662. The van der Waals surface area contributed by atoms with E-state index in [0.717, 1.165) is 0 Å². The van der Waals surface area contributed by atoms with E-state index < -0.39 is 10.8 Å². The van der Waals surface area contributed by atoms with Crippen LogP contribution in [0.4, 0.5) is 0 Å². The summed E-state index contributed by atoms with van der Waals surface area (Å²) in [6.07, 6.45) is 7.29. The first-order valence-electron chi connectivity index (χ1n) is 4.27. The molecule has 2 aromatic rings. The number of aromatic nitrogens is 4. The molecule has 108 valence electrons. The molecule has 2 heterocycles. The molecule has 2 aromatic heterocycles. The third kappa shape index (κ3) is 13.8. The first-order chi connectivity index (χ1) is 8.86. The Balaban J connectivity index is 0.000000261. The number of carbonyl (C=O) groups is 2. The zero-order valence-corrected chi connectivity index (χ0v) is 13.8. The normalized spacial score (nSPS) is 10.3. The van der Waals surface area contributed by atoms with Crippen LogP contribution in [0.2, 0.25) is 0 Å². The van der Waals surface area contributed by atoms with Gasteiger partial charge in [0.1, 0.15) is 0 Å². The maximum atomic E-state index is 9.80. The summed E-state index contributed by atoms with van der Waals surface area (Å²) in [6, 6.07) is 0. The minimum atomic E-state index is -2.97. The number of nitrogens with one attached hydrogen (secondary N) is 2. The van der Waals surface area contributed by atoms with Gasteiger partial charge in [-0.2, -0.15) is 0 Å². The molecule has 0 aromatic carbocycles. The van der Waals surface area contributed by atoms with Crippen LogP contribution in [0.15, 0.2) is 25.0 Å². The van der Waals surface area contributed by atoms with Crippen molar-refractivity contribution in [2.75, 3.05) is 0 Å². The van der Waals surface area contributed by atoms with E-state index in [0.29, 0.717) is 24.0 Å². The summed E-state index contributed by atoms with van der Waals surface area (Å²) in [5, 5.41) is 0. The van der Waals surface area contributed by atoms with Crippen LogP contribution in [0.3, 0.4) is 0 Å². The number of hydrogen-bond donors (Lipinski definition) is 2. The van der Waals surface area contributed by atoms with Crippen LogP contribution in [0.1, 0.15) is 21.0 Å². The molecule has 0 aliphatic carbocycles. The van der Waals surface area contributed by atoms with Gasteiger partial charge in [0.2, 0.25) is 0 Å². The van der Waals surface area contributed by atoms with E-state index in [1.807, 2.05) is 0 Å². The van der Waals surface area contributed by atoms with Gasteiger partial charge in [0.25, 0.3) is 0 Å². The SMILES string of the molecule is O=Cc1cnc[nH]1.O=Cc1cnc[nH]1.[Cl][Ru]([Cl])([Cl])[Cl].